The molecule has 0 bridgehead atoms. The summed E-state index contributed by atoms with van der Waals surface area (Å²) in [5.41, 5.74) is 1.59. The van der Waals surface area contributed by atoms with E-state index in [1.807, 2.05) is 37.3 Å². The van der Waals surface area contributed by atoms with Crippen LogP contribution in [0, 0.1) is 0 Å². The second kappa shape index (κ2) is 6.72. The Hall–Kier alpha value is -1.85. The normalized spacial score (nSPS) is 17.4. The highest BCUT2D eigenvalue weighted by atomic mass is 35.5. The van der Waals surface area contributed by atoms with Gasteiger partial charge in [0.05, 0.1) is 11.7 Å². The van der Waals surface area contributed by atoms with E-state index in [1.165, 1.54) is 0 Å². The van der Waals surface area contributed by atoms with Crippen LogP contribution in [0.1, 0.15) is 37.1 Å². The van der Waals surface area contributed by atoms with Crippen LogP contribution in [0.3, 0.4) is 0 Å². The van der Waals surface area contributed by atoms with E-state index in [0.29, 0.717) is 38.3 Å². The second-order valence-corrected chi connectivity index (χ2v) is 6.15. The molecule has 1 atom stereocenters. The molecule has 3 rings (SSSR count). The first-order chi connectivity index (χ1) is 11.1. The number of H-pyrrole nitrogens is 1. The first-order valence-electron chi connectivity index (χ1n) is 7.90. The molecule has 5 nitrogen and oxygen atoms in total. The zero-order valence-electron chi connectivity index (χ0n) is 13.1. The van der Waals surface area contributed by atoms with Crippen molar-refractivity contribution in [3.05, 3.63) is 57.0 Å². The molecule has 0 spiro atoms. The number of aromatic amines is 1. The van der Waals surface area contributed by atoms with E-state index in [4.69, 9.17) is 11.6 Å². The molecule has 0 amide bonds. The van der Waals surface area contributed by atoms with Crippen LogP contribution in [0.25, 0.3) is 0 Å². The molecule has 0 aliphatic carbocycles. The van der Waals surface area contributed by atoms with Gasteiger partial charge in [-0.25, -0.2) is 0 Å². The summed E-state index contributed by atoms with van der Waals surface area (Å²) in [6.07, 6.45) is 1.09. The standard InChI is InChI=1S/C17H20ClN3O2/c1-2-21-16(14(18)17(23)19-21)15(12-6-4-3-5-7-12)20-10-8-13(22)9-11-20/h3-7,15H,2,8-11H2,1H3,(H,19,23). The number of aromatic nitrogens is 2. The average Bonchev–Trinajstić information content (AvgIpc) is 2.86. The molecule has 2 aromatic rings. The number of nitrogens with zero attached hydrogens (tertiary/aromatic N) is 2. The van der Waals surface area contributed by atoms with E-state index in [2.05, 4.69) is 10.00 Å². The number of halogens is 1. The molecular weight excluding hydrogens is 314 g/mol. The van der Waals surface area contributed by atoms with Crippen molar-refractivity contribution in [2.24, 2.45) is 0 Å². The van der Waals surface area contributed by atoms with Crippen LogP contribution in [0.4, 0.5) is 0 Å². The molecule has 23 heavy (non-hydrogen) atoms. The molecule has 1 saturated heterocycles. The molecule has 1 aromatic carbocycles. The van der Waals surface area contributed by atoms with Gasteiger partial charge in [-0.15, -0.1) is 0 Å². The Morgan fingerprint density at radius 3 is 2.43 bits per heavy atom. The van der Waals surface area contributed by atoms with Crippen LogP contribution in [0.5, 0.6) is 0 Å². The highest BCUT2D eigenvalue weighted by Gasteiger charge is 2.31. The van der Waals surface area contributed by atoms with E-state index in [0.717, 1.165) is 11.3 Å². The van der Waals surface area contributed by atoms with Gasteiger partial charge in [-0.2, -0.15) is 0 Å². The lowest BCUT2D eigenvalue weighted by molar-refractivity contribution is -0.121. The smallest absolute Gasteiger partial charge is 0.283 e. The summed E-state index contributed by atoms with van der Waals surface area (Å²) < 4.78 is 1.80. The molecule has 2 heterocycles. The number of ketones is 1. The Labute approximate surface area is 139 Å². The number of hydrogen-bond acceptors (Lipinski definition) is 3. The first kappa shape index (κ1) is 16.0. The number of hydrogen-bond donors (Lipinski definition) is 1. The van der Waals surface area contributed by atoms with Gasteiger partial charge in [0.25, 0.3) is 5.56 Å². The summed E-state index contributed by atoms with van der Waals surface area (Å²) in [5.74, 6) is 0.293. The molecule has 1 aromatic heterocycles. The fraction of sp³-hybridized carbons (Fsp3) is 0.412. The van der Waals surface area contributed by atoms with Crippen LogP contribution in [-0.2, 0) is 11.3 Å². The summed E-state index contributed by atoms with van der Waals surface area (Å²) in [6, 6.07) is 9.87. The van der Waals surface area contributed by atoms with E-state index in [-0.39, 0.29) is 16.6 Å². The van der Waals surface area contributed by atoms with Gasteiger partial charge >= 0.3 is 0 Å². The zero-order chi connectivity index (χ0) is 16.4. The lowest BCUT2D eigenvalue weighted by atomic mass is 9.98. The minimum atomic E-state index is -0.266. The topological polar surface area (TPSA) is 58.1 Å². The fourth-order valence-electron chi connectivity index (χ4n) is 3.19. The van der Waals surface area contributed by atoms with Gasteiger partial charge in [-0.1, -0.05) is 41.9 Å². The number of nitrogens with one attached hydrogen (secondary N) is 1. The molecule has 122 valence electrons. The average molecular weight is 334 g/mol. The Bertz CT molecular complexity index is 741. The van der Waals surface area contributed by atoms with Crippen LogP contribution in [0.2, 0.25) is 5.02 Å². The summed E-state index contributed by atoms with van der Waals surface area (Å²) in [7, 11) is 0. The zero-order valence-corrected chi connectivity index (χ0v) is 13.8. The van der Waals surface area contributed by atoms with Crippen LogP contribution in [-0.4, -0.2) is 33.6 Å². The molecule has 0 saturated carbocycles. The van der Waals surface area contributed by atoms with Crippen molar-refractivity contribution in [2.75, 3.05) is 13.1 Å². The maximum atomic E-state index is 12.0. The SMILES string of the molecule is CCn1[nH]c(=O)c(Cl)c1C(c1ccccc1)N1CCC(=O)CC1. The quantitative estimate of drug-likeness (QED) is 0.935. The van der Waals surface area contributed by atoms with Crippen LogP contribution >= 0.6 is 11.6 Å². The van der Waals surface area contributed by atoms with Gasteiger partial charge in [-0.3, -0.25) is 24.3 Å². The predicted molar refractivity (Wildman–Crippen MR) is 89.8 cm³/mol. The van der Waals surface area contributed by atoms with Gasteiger partial charge < -0.3 is 0 Å². The number of carbonyl (C=O) groups excluding carboxylic acids is 1. The maximum Gasteiger partial charge on any atom is 0.283 e. The van der Waals surface area contributed by atoms with E-state index >= 15 is 0 Å². The van der Waals surface area contributed by atoms with Crippen molar-refractivity contribution in [3.63, 3.8) is 0 Å². The molecule has 1 aliphatic heterocycles. The largest absolute Gasteiger partial charge is 0.300 e. The van der Waals surface area contributed by atoms with Gasteiger partial charge in [0, 0.05) is 32.5 Å². The number of benzene rings is 1. The van der Waals surface area contributed by atoms with Crippen molar-refractivity contribution < 1.29 is 4.79 Å². The maximum absolute atomic E-state index is 12.0. The minimum absolute atomic E-state index is 0.129. The van der Waals surface area contributed by atoms with Crippen LogP contribution in [0.15, 0.2) is 35.1 Å². The number of Topliss-reactive ketones (excluding diaryl/α,β-unsaturated/α-hetero) is 1. The van der Waals surface area contributed by atoms with Crippen molar-refractivity contribution >= 4 is 17.4 Å². The lowest BCUT2D eigenvalue weighted by Crippen LogP contribution is -2.38. The Kier molecular flexibility index (Phi) is 4.68. The van der Waals surface area contributed by atoms with Crippen molar-refractivity contribution in [3.8, 4) is 0 Å². The van der Waals surface area contributed by atoms with Gasteiger partial charge in [0.15, 0.2) is 0 Å². The Morgan fingerprint density at radius 1 is 1.17 bits per heavy atom. The van der Waals surface area contributed by atoms with Gasteiger partial charge in [0.2, 0.25) is 0 Å². The molecule has 1 aliphatic rings. The number of piperidine rings is 1. The third-order valence-corrected chi connectivity index (χ3v) is 4.73. The fourth-order valence-corrected chi connectivity index (χ4v) is 3.44. The molecule has 1 fully saturated rings. The number of likely N-dealkylation sites (tertiary alicyclic amines) is 1. The number of aryl methyl sites for hydroxylation is 1. The monoisotopic (exact) mass is 333 g/mol. The summed E-state index contributed by atoms with van der Waals surface area (Å²) in [6.45, 7) is 3.96. The highest BCUT2D eigenvalue weighted by molar-refractivity contribution is 6.31. The second-order valence-electron chi connectivity index (χ2n) is 5.77. The number of carbonyl (C=O) groups is 1. The van der Waals surface area contributed by atoms with Gasteiger partial charge in [0.1, 0.15) is 10.8 Å². The summed E-state index contributed by atoms with van der Waals surface area (Å²) in [5, 5.41) is 3.03. The van der Waals surface area contributed by atoms with E-state index in [9.17, 15) is 9.59 Å². The molecule has 6 heteroatoms. The Balaban J connectivity index is 2.09. The third-order valence-electron chi connectivity index (χ3n) is 4.36. The predicted octanol–water partition coefficient (Wildman–Crippen LogP) is 2.60. The highest BCUT2D eigenvalue weighted by Crippen LogP contribution is 2.33. The van der Waals surface area contributed by atoms with Crippen molar-refractivity contribution in [1.29, 1.82) is 0 Å². The lowest BCUT2D eigenvalue weighted by Gasteiger charge is -2.35. The van der Waals surface area contributed by atoms with Crippen molar-refractivity contribution in [2.45, 2.75) is 32.4 Å². The van der Waals surface area contributed by atoms with E-state index in [1.54, 1.807) is 4.68 Å². The van der Waals surface area contributed by atoms with Gasteiger partial charge in [-0.05, 0) is 12.5 Å². The first-order valence-corrected chi connectivity index (χ1v) is 8.28. The molecule has 0 radical (unpaired) electrons. The molecule has 1 unspecified atom stereocenters. The van der Waals surface area contributed by atoms with E-state index < -0.39 is 0 Å². The van der Waals surface area contributed by atoms with Crippen LogP contribution < -0.4 is 5.56 Å². The third kappa shape index (κ3) is 3.12. The summed E-state index contributed by atoms with van der Waals surface area (Å²) >= 11 is 6.33. The Morgan fingerprint density at radius 2 is 1.83 bits per heavy atom. The summed E-state index contributed by atoms with van der Waals surface area (Å²) in [4.78, 5) is 25.8. The molecule has 1 N–H and O–H groups in total. The van der Waals surface area contributed by atoms with Crippen molar-refractivity contribution in [1.82, 2.24) is 14.7 Å². The minimum Gasteiger partial charge on any atom is -0.300 e. The number of rotatable bonds is 4. The molecular formula is C17H20ClN3O2.